The third kappa shape index (κ3) is 5.98. The fraction of sp³-hybridized carbons (Fsp3) is 0.529. The maximum absolute atomic E-state index is 12.0. The van der Waals surface area contributed by atoms with Gasteiger partial charge in [0, 0.05) is 13.8 Å². The van der Waals surface area contributed by atoms with Gasteiger partial charge in [-0.2, -0.15) is 0 Å². The molecule has 0 fully saturated rings. The van der Waals surface area contributed by atoms with Crippen molar-refractivity contribution in [1.82, 2.24) is 0 Å². The lowest BCUT2D eigenvalue weighted by Gasteiger charge is -2.17. The van der Waals surface area contributed by atoms with Crippen molar-refractivity contribution >= 4 is 11.9 Å². The highest BCUT2D eigenvalue weighted by atomic mass is 16.7. The summed E-state index contributed by atoms with van der Waals surface area (Å²) in [6.07, 6.45) is 0.153. The van der Waals surface area contributed by atoms with Crippen molar-refractivity contribution in [3.8, 4) is 0 Å². The van der Waals surface area contributed by atoms with E-state index < -0.39 is 24.1 Å². The molecular formula is C17H24O4. The second-order valence-corrected chi connectivity index (χ2v) is 5.68. The molecule has 0 saturated carbocycles. The van der Waals surface area contributed by atoms with Gasteiger partial charge in [-0.25, -0.2) is 0 Å². The molecule has 0 radical (unpaired) electrons. The molecule has 116 valence electrons. The normalized spacial score (nSPS) is 13.6. The van der Waals surface area contributed by atoms with Crippen molar-refractivity contribution in [1.29, 1.82) is 0 Å². The second kappa shape index (κ2) is 7.81. The summed E-state index contributed by atoms with van der Waals surface area (Å²) in [4.78, 5) is 22.8. The van der Waals surface area contributed by atoms with Gasteiger partial charge in [0.2, 0.25) is 6.29 Å². The Morgan fingerprint density at radius 3 is 2.05 bits per heavy atom. The highest BCUT2D eigenvalue weighted by molar-refractivity contribution is 5.78. The first-order valence-electron chi connectivity index (χ1n) is 7.26. The molecule has 0 aliphatic rings. The van der Waals surface area contributed by atoms with E-state index in [4.69, 9.17) is 9.47 Å². The van der Waals surface area contributed by atoms with Gasteiger partial charge in [0.25, 0.3) is 0 Å². The third-order valence-electron chi connectivity index (χ3n) is 3.09. The smallest absolute Gasteiger partial charge is 0.316 e. The van der Waals surface area contributed by atoms with E-state index in [0.717, 1.165) is 12.0 Å². The highest BCUT2D eigenvalue weighted by Crippen LogP contribution is 2.19. The number of carbonyl (C=O) groups excluding carboxylic acids is 2. The number of carbonyl (C=O) groups is 2. The zero-order valence-corrected chi connectivity index (χ0v) is 13.4. The summed E-state index contributed by atoms with van der Waals surface area (Å²) in [5.74, 6) is -0.666. The van der Waals surface area contributed by atoms with Crippen LogP contribution in [0.2, 0.25) is 0 Å². The predicted molar refractivity (Wildman–Crippen MR) is 80.7 cm³/mol. The van der Waals surface area contributed by atoms with E-state index in [1.54, 1.807) is 6.92 Å². The molecule has 0 bridgehead atoms. The van der Waals surface area contributed by atoms with Gasteiger partial charge in [0.15, 0.2) is 0 Å². The average Bonchev–Trinajstić information content (AvgIpc) is 2.36. The maximum atomic E-state index is 12.0. The monoisotopic (exact) mass is 292 g/mol. The fourth-order valence-electron chi connectivity index (χ4n) is 2.07. The summed E-state index contributed by atoms with van der Waals surface area (Å²) >= 11 is 0. The summed E-state index contributed by atoms with van der Waals surface area (Å²) in [6.45, 7) is 8.92. The van der Waals surface area contributed by atoms with E-state index in [2.05, 4.69) is 13.8 Å². The standard InChI is InChI=1S/C17H24O4/c1-11(2)10-15-6-8-16(9-7-15)12(3)17(19)21-14(5)20-13(4)18/h6-9,11-12,14H,10H2,1-5H3/t12-,14?/m1/s1. The van der Waals surface area contributed by atoms with Gasteiger partial charge in [-0.3, -0.25) is 9.59 Å². The van der Waals surface area contributed by atoms with Crippen LogP contribution in [0.25, 0.3) is 0 Å². The van der Waals surface area contributed by atoms with Crippen LogP contribution in [0.15, 0.2) is 24.3 Å². The minimum atomic E-state index is -0.863. The Morgan fingerprint density at radius 1 is 1.00 bits per heavy atom. The molecule has 1 rings (SSSR count). The van der Waals surface area contributed by atoms with E-state index in [1.165, 1.54) is 19.4 Å². The van der Waals surface area contributed by atoms with Gasteiger partial charge in [-0.1, -0.05) is 38.1 Å². The van der Waals surface area contributed by atoms with Crippen LogP contribution in [-0.2, 0) is 25.5 Å². The molecule has 0 spiro atoms. The lowest BCUT2D eigenvalue weighted by atomic mass is 9.97. The molecule has 1 unspecified atom stereocenters. The van der Waals surface area contributed by atoms with E-state index in [9.17, 15) is 9.59 Å². The maximum Gasteiger partial charge on any atom is 0.316 e. The third-order valence-corrected chi connectivity index (χ3v) is 3.09. The van der Waals surface area contributed by atoms with Gasteiger partial charge < -0.3 is 9.47 Å². The number of esters is 2. The molecule has 0 aliphatic heterocycles. The lowest BCUT2D eigenvalue weighted by Crippen LogP contribution is -2.23. The zero-order chi connectivity index (χ0) is 16.0. The van der Waals surface area contributed by atoms with Crippen LogP contribution in [0.4, 0.5) is 0 Å². The molecule has 21 heavy (non-hydrogen) atoms. The van der Waals surface area contributed by atoms with Crippen LogP contribution in [0.5, 0.6) is 0 Å². The molecular weight excluding hydrogens is 268 g/mol. The molecule has 0 aliphatic carbocycles. The number of ether oxygens (including phenoxy) is 2. The van der Waals surface area contributed by atoms with E-state index in [1.807, 2.05) is 24.3 Å². The Morgan fingerprint density at radius 2 is 1.57 bits per heavy atom. The summed E-state index contributed by atoms with van der Waals surface area (Å²) in [6, 6.07) is 7.96. The molecule has 0 N–H and O–H groups in total. The molecule has 2 atom stereocenters. The molecule has 0 heterocycles. The number of benzene rings is 1. The average molecular weight is 292 g/mol. The van der Waals surface area contributed by atoms with Gasteiger partial charge in [-0.15, -0.1) is 0 Å². The number of hydrogen-bond acceptors (Lipinski definition) is 4. The Bertz CT molecular complexity index is 476. The Hall–Kier alpha value is -1.84. The van der Waals surface area contributed by atoms with Crippen molar-refractivity contribution in [2.24, 2.45) is 5.92 Å². The minimum absolute atomic E-state index is 0.392. The molecule has 0 saturated heterocycles. The summed E-state index contributed by atoms with van der Waals surface area (Å²) in [5.41, 5.74) is 2.14. The van der Waals surface area contributed by atoms with Crippen molar-refractivity contribution in [2.75, 3.05) is 0 Å². The Balaban J connectivity index is 2.63. The highest BCUT2D eigenvalue weighted by Gasteiger charge is 2.20. The number of rotatable bonds is 6. The van der Waals surface area contributed by atoms with E-state index in [0.29, 0.717) is 5.92 Å². The van der Waals surface area contributed by atoms with Crippen molar-refractivity contribution in [3.63, 3.8) is 0 Å². The fourth-order valence-corrected chi connectivity index (χ4v) is 2.07. The molecule has 0 aromatic heterocycles. The van der Waals surface area contributed by atoms with Gasteiger partial charge >= 0.3 is 11.9 Å². The minimum Gasteiger partial charge on any atom is -0.426 e. The van der Waals surface area contributed by atoms with Crippen molar-refractivity contribution in [2.45, 2.75) is 53.2 Å². The van der Waals surface area contributed by atoms with Crippen molar-refractivity contribution < 1.29 is 19.1 Å². The van der Waals surface area contributed by atoms with Crippen LogP contribution in [0.3, 0.4) is 0 Å². The first-order chi connectivity index (χ1) is 9.79. The summed E-state index contributed by atoms with van der Waals surface area (Å²) in [7, 11) is 0. The predicted octanol–water partition coefficient (Wildman–Crippen LogP) is 3.44. The molecule has 4 nitrogen and oxygen atoms in total. The van der Waals surface area contributed by atoms with Crippen molar-refractivity contribution in [3.05, 3.63) is 35.4 Å². The van der Waals surface area contributed by atoms with E-state index >= 15 is 0 Å². The molecule has 0 amide bonds. The van der Waals surface area contributed by atoms with Gasteiger partial charge in [0.1, 0.15) is 0 Å². The van der Waals surface area contributed by atoms with Gasteiger partial charge in [-0.05, 0) is 30.4 Å². The van der Waals surface area contributed by atoms with Crippen LogP contribution in [0.1, 0.15) is 51.7 Å². The zero-order valence-electron chi connectivity index (χ0n) is 13.4. The second-order valence-electron chi connectivity index (χ2n) is 5.68. The first kappa shape index (κ1) is 17.2. The number of hydrogen-bond donors (Lipinski definition) is 0. The van der Waals surface area contributed by atoms with E-state index in [-0.39, 0.29) is 0 Å². The van der Waals surface area contributed by atoms with Crippen LogP contribution < -0.4 is 0 Å². The van der Waals surface area contributed by atoms with Crippen LogP contribution >= 0.6 is 0 Å². The van der Waals surface area contributed by atoms with Gasteiger partial charge in [0.05, 0.1) is 5.92 Å². The SMILES string of the molecule is CC(=O)OC(C)OC(=O)[C@H](C)c1ccc(CC(C)C)cc1. The Labute approximate surface area is 126 Å². The topological polar surface area (TPSA) is 52.6 Å². The lowest BCUT2D eigenvalue weighted by molar-refractivity contribution is -0.183. The quantitative estimate of drug-likeness (QED) is 0.595. The summed E-state index contributed by atoms with van der Waals surface area (Å²) < 4.78 is 9.88. The molecule has 1 aromatic rings. The van der Waals surface area contributed by atoms with Crippen LogP contribution in [-0.4, -0.2) is 18.2 Å². The Kier molecular flexibility index (Phi) is 6.40. The first-order valence-corrected chi connectivity index (χ1v) is 7.26. The largest absolute Gasteiger partial charge is 0.426 e. The molecule has 1 aromatic carbocycles. The summed E-state index contributed by atoms with van der Waals surface area (Å²) in [5, 5.41) is 0. The van der Waals surface area contributed by atoms with Crippen LogP contribution in [0, 0.1) is 5.92 Å². The molecule has 4 heteroatoms.